The van der Waals surface area contributed by atoms with Crippen molar-refractivity contribution in [2.24, 2.45) is 0 Å². The number of hydrogen-bond acceptors (Lipinski definition) is 3. The highest BCUT2D eigenvalue weighted by Gasteiger charge is 2.20. The minimum absolute atomic E-state index is 0.376. The molecule has 0 aliphatic carbocycles. The van der Waals surface area contributed by atoms with Gasteiger partial charge in [-0.05, 0) is 0 Å². The topological polar surface area (TPSA) is 55.9 Å². The molecule has 1 N–H and O–H groups in total. The maximum atomic E-state index is 9.72. The summed E-state index contributed by atoms with van der Waals surface area (Å²) >= 11 is 0. The van der Waals surface area contributed by atoms with Crippen molar-refractivity contribution in [3.63, 3.8) is 0 Å². The van der Waals surface area contributed by atoms with Gasteiger partial charge in [0.15, 0.2) is 11.6 Å². The van der Waals surface area contributed by atoms with Gasteiger partial charge in [-0.25, -0.2) is 9.97 Å². The van der Waals surface area contributed by atoms with Crippen LogP contribution in [0.1, 0.15) is 0 Å². The van der Waals surface area contributed by atoms with Crippen molar-refractivity contribution in [3.05, 3.63) is 24.8 Å². The standard InChI is InChI=1S/C9H10N4O/c14-7-5-12-3-1-10-8(12)9-11-2-4-13(9)6-7/h1-4,7,14H,5-6H2. The van der Waals surface area contributed by atoms with Gasteiger partial charge in [0, 0.05) is 24.8 Å². The number of aliphatic hydroxyl groups is 1. The van der Waals surface area contributed by atoms with Crippen molar-refractivity contribution in [1.29, 1.82) is 0 Å². The second kappa shape index (κ2) is 2.68. The Hall–Kier alpha value is -1.62. The van der Waals surface area contributed by atoms with Gasteiger partial charge in [0.2, 0.25) is 0 Å². The lowest BCUT2D eigenvalue weighted by atomic mass is 10.3. The number of fused-ring (bicyclic) bond motifs is 3. The first-order chi connectivity index (χ1) is 6.84. The van der Waals surface area contributed by atoms with E-state index in [2.05, 4.69) is 9.97 Å². The van der Waals surface area contributed by atoms with Gasteiger partial charge < -0.3 is 14.2 Å². The Morgan fingerprint density at radius 2 is 1.57 bits per heavy atom. The molecule has 5 nitrogen and oxygen atoms in total. The van der Waals surface area contributed by atoms with Gasteiger partial charge in [0.05, 0.1) is 19.2 Å². The molecule has 2 aromatic heterocycles. The number of aromatic nitrogens is 4. The van der Waals surface area contributed by atoms with Crippen LogP contribution in [0, 0.1) is 0 Å². The Labute approximate surface area is 80.6 Å². The molecule has 3 heterocycles. The molecule has 1 aliphatic rings. The molecular weight excluding hydrogens is 180 g/mol. The molecule has 72 valence electrons. The van der Waals surface area contributed by atoms with E-state index < -0.39 is 0 Å². The molecule has 0 aromatic carbocycles. The predicted molar refractivity (Wildman–Crippen MR) is 49.5 cm³/mol. The highest BCUT2D eigenvalue weighted by Crippen LogP contribution is 2.19. The van der Waals surface area contributed by atoms with Crippen LogP contribution in [0.5, 0.6) is 0 Å². The van der Waals surface area contributed by atoms with Crippen molar-refractivity contribution in [1.82, 2.24) is 19.1 Å². The SMILES string of the molecule is OC1Cn2ccnc2-c2nccn2C1. The molecule has 0 amide bonds. The quantitative estimate of drug-likeness (QED) is 0.642. The molecular formula is C9H10N4O. The minimum Gasteiger partial charge on any atom is -0.389 e. The third kappa shape index (κ3) is 0.990. The Morgan fingerprint density at radius 3 is 2.07 bits per heavy atom. The normalized spacial score (nSPS) is 16.1. The van der Waals surface area contributed by atoms with Crippen LogP contribution in [0.2, 0.25) is 0 Å². The monoisotopic (exact) mass is 190 g/mol. The molecule has 0 saturated carbocycles. The molecule has 0 unspecified atom stereocenters. The van der Waals surface area contributed by atoms with Crippen LogP contribution in [-0.4, -0.2) is 30.3 Å². The summed E-state index contributed by atoms with van der Waals surface area (Å²) in [5, 5.41) is 9.72. The molecule has 0 radical (unpaired) electrons. The number of imidazole rings is 2. The van der Waals surface area contributed by atoms with Crippen molar-refractivity contribution in [2.45, 2.75) is 19.2 Å². The zero-order valence-electron chi connectivity index (χ0n) is 7.54. The van der Waals surface area contributed by atoms with Crippen molar-refractivity contribution >= 4 is 0 Å². The number of nitrogens with zero attached hydrogens (tertiary/aromatic N) is 4. The molecule has 0 bridgehead atoms. The first kappa shape index (κ1) is 7.75. The molecule has 14 heavy (non-hydrogen) atoms. The highest BCUT2D eigenvalue weighted by molar-refractivity contribution is 5.45. The van der Waals surface area contributed by atoms with Crippen molar-refractivity contribution in [2.75, 3.05) is 0 Å². The zero-order valence-corrected chi connectivity index (χ0v) is 7.54. The molecule has 0 atom stereocenters. The third-order valence-corrected chi connectivity index (χ3v) is 2.45. The average molecular weight is 190 g/mol. The summed E-state index contributed by atoms with van der Waals surface area (Å²) in [6, 6.07) is 0. The summed E-state index contributed by atoms with van der Waals surface area (Å²) in [6.45, 7) is 1.16. The summed E-state index contributed by atoms with van der Waals surface area (Å²) in [7, 11) is 0. The summed E-state index contributed by atoms with van der Waals surface area (Å²) in [6.07, 6.45) is 6.81. The number of rotatable bonds is 0. The van der Waals surface area contributed by atoms with Crippen molar-refractivity contribution in [3.8, 4) is 11.6 Å². The summed E-state index contributed by atoms with van der Waals surface area (Å²) in [4.78, 5) is 8.47. The van der Waals surface area contributed by atoms with E-state index in [4.69, 9.17) is 0 Å². The minimum atomic E-state index is -0.376. The maximum Gasteiger partial charge on any atom is 0.176 e. The van der Waals surface area contributed by atoms with Crippen LogP contribution < -0.4 is 0 Å². The van der Waals surface area contributed by atoms with Gasteiger partial charge >= 0.3 is 0 Å². The largest absolute Gasteiger partial charge is 0.389 e. The highest BCUT2D eigenvalue weighted by atomic mass is 16.3. The molecule has 0 saturated heterocycles. The lowest BCUT2D eigenvalue weighted by molar-refractivity contribution is 0.139. The second-order valence-corrected chi connectivity index (χ2v) is 3.46. The van der Waals surface area contributed by atoms with E-state index >= 15 is 0 Å². The fraction of sp³-hybridized carbons (Fsp3) is 0.333. The molecule has 0 fully saturated rings. The first-order valence-electron chi connectivity index (χ1n) is 4.55. The summed E-state index contributed by atoms with van der Waals surface area (Å²) in [5.74, 6) is 1.65. The smallest absolute Gasteiger partial charge is 0.176 e. The fourth-order valence-corrected chi connectivity index (χ4v) is 1.84. The van der Waals surface area contributed by atoms with Gasteiger partial charge in [0.1, 0.15) is 0 Å². The van der Waals surface area contributed by atoms with Gasteiger partial charge in [-0.15, -0.1) is 0 Å². The molecule has 0 spiro atoms. The Bertz CT molecular complexity index is 417. The van der Waals surface area contributed by atoms with E-state index in [1.165, 1.54) is 0 Å². The van der Waals surface area contributed by atoms with Gasteiger partial charge in [-0.3, -0.25) is 0 Å². The lowest BCUT2D eigenvalue weighted by Gasteiger charge is -2.07. The van der Waals surface area contributed by atoms with Crippen LogP contribution in [0.25, 0.3) is 11.6 Å². The third-order valence-electron chi connectivity index (χ3n) is 2.45. The molecule has 1 aliphatic heterocycles. The van der Waals surface area contributed by atoms with Crippen LogP contribution in [0.3, 0.4) is 0 Å². The predicted octanol–water partition coefficient (Wildman–Crippen LogP) is 0.121. The Morgan fingerprint density at radius 1 is 1.07 bits per heavy atom. The summed E-state index contributed by atoms with van der Waals surface area (Å²) < 4.78 is 3.85. The van der Waals surface area contributed by atoms with E-state index in [0.717, 1.165) is 11.6 Å². The van der Waals surface area contributed by atoms with Crippen molar-refractivity contribution < 1.29 is 5.11 Å². The van der Waals surface area contributed by atoms with E-state index in [1.807, 2.05) is 21.5 Å². The second-order valence-electron chi connectivity index (χ2n) is 3.46. The number of hydrogen-bond donors (Lipinski definition) is 1. The van der Waals surface area contributed by atoms with E-state index in [9.17, 15) is 5.11 Å². The van der Waals surface area contributed by atoms with Gasteiger partial charge in [-0.2, -0.15) is 0 Å². The van der Waals surface area contributed by atoms with Crippen LogP contribution >= 0.6 is 0 Å². The van der Waals surface area contributed by atoms with Gasteiger partial charge in [-0.1, -0.05) is 0 Å². The average Bonchev–Trinajstić information content (AvgIpc) is 2.72. The first-order valence-corrected chi connectivity index (χ1v) is 4.55. The van der Waals surface area contributed by atoms with Crippen LogP contribution in [-0.2, 0) is 13.1 Å². The van der Waals surface area contributed by atoms with Gasteiger partial charge in [0.25, 0.3) is 0 Å². The molecule has 5 heteroatoms. The van der Waals surface area contributed by atoms with E-state index in [1.54, 1.807) is 12.4 Å². The van der Waals surface area contributed by atoms with E-state index in [0.29, 0.717) is 13.1 Å². The van der Waals surface area contributed by atoms with Crippen LogP contribution in [0.15, 0.2) is 24.8 Å². The fourth-order valence-electron chi connectivity index (χ4n) is 1.84. The maximum absolute atomic E-state index is 9.72. The Kier molecular flexibility index (Phi) is 1.49. The lowest BCUT2D eigenvalue weighted by Crippen LogP contribution is -2.18. The van der Waals surface area contributed by atoms with E-state index in [-0.39, 0.29) is 6.10 Å². The number of aliphatic hydroxyl groups excluding tert-OH is 1. The molecule has 3 rings (SSSR count). The molecule has 2 aromatic rings. The summed E-state index contributed by atoms with van der Waals surface area (Å²) in [5.41, 5.74) is 0. The zero-order chi connectivity index (χ0) is 9.54. The van der Waals surface area contributed by atoms with Crippen LogP contribution in [0.4, 0.5) is 0 Å². The Balaban J connectivity index is 2.24.